The van der Waals surface area contributed by atoms with Crippen molar-refractivity contribution in [3.05, 3.63) is 113 Å². The molecule has 5 heteroatoms. The fourth-order valence-corrected chi connectivity index (χ4v) is 3.49. The van der Waals surface area contributed by atoms with Gasteiger partial charge in [0.05, 0.1) is 6.54 Å². The largest absolute Gasteiger partial charge is 0.489 e. The number of aryl methyl sites for hydroxylation is 2. The summed E-state index contributed by atoms with van der Waals surface area (Å²) in [5, 5.41) is 7.35. The highest BCUT2D eigenvalue weighted by atomic mass is 16.5. The molecule has 5 nitrogen and oxygen atoms in total. The third-order valence-electron chi connectivity index (χ3n) is 5.24. The monoisotopic (exact) mass is 425 g/mol. The fraction of sp³-hybridized carbons (Fsp3) is 0.185. The van der Waals surface area contributed by atoms with Crippen LogP contribution in [0.5, 0.6) is 5.75 Å². The summed E-state index contributed by atoms with van der Waals surface area (Å²) in [6.45, 7) is 5.25. The topological polar surface area (TPSA) is 56.1 Å². The van der Waals surface area contributed by atoms with Crippen molar-refractivity contribution in [3.8, 4) is 5.75 Å². The van der Waals surface area contributed by atoms with Gasteiger partial charge >= 0.3 is 0 Å². The molecule has 4 aromatic rings. The first-order valence-electron chi connectivity index (χ1n) is 10.8. The van der Waals surface area contributed by atoms with Crippen molar-refractivity contribution in [2.24, 2.45) is 0 Å². The first-order valence-corrected chi connectivity index (χ1v) is 10.8. The van der Waals surface area contributed by atoms with E-state index in [0.29, 0.717) is 24.5 Å². The molecule has 0 aliphatic carbocycles. The number of nitrogens with zero attached hydrogens (tertiary/aromatic N) is 2. The maximum atomic E-state index is 12.7. The summed E-state index contributed by atoms with van der Waals surface area (Å²) in [5.41, 5.74) is 5.16. The van der Waals surface area contributed by atoms with E-state index in [1.807, 2.05) is 47.3 Å². The summed E-state index contributed by atoms with van der Waals surface area (Å²) in [5.74, 6) is 1.15. The number of carbonyl (C=O) groups is 1. The Kier molecular flexibility index (Phi) is 6.66. The third-order valence-corrected chi connectivity index (χ3v) is 5.24. The van der Waals surface area contributed by atoms with Gasteiger partial charge in [0.15, 0.2) is 5.82 Å². The number of benzene rings is 3. The Morgan fingerprint density at radius 2 is 1.72 bits per heavy atom. The van der Waals surface area contributed by atoms with Crippen LogP contribution < -0.4 is 10.1 Å². The predicted molar refractivity (Wildman–Crippen MR) is 127 cm³/mol. The smallest absolute Gasteiger partial charge is 0.256 e. The fourth-order valence-electron chi connectivity index (χ4n) is 3.49. The van der Waals surface area contributed by atoms with E-state index >= 15 is 0 Å². The molecule has 0 saturated carbocycles. The van der Waals surface area contributed by atoms with Crippen molar-refractivity contribution in [3.63, 3.8) is 0 Å². The second kappa shape index (κ2) is 9.96. The van der Waals surface area contributed by atoms with E-state index in [1.54, 1.807) is 12.1 Å². The van der Waals surface area contributed by atoms with Gasteiger partial charge in [-0.15, -0.1) is 0 Å². The molecule has 1 heterocycles. The molecule has 0 unspecified atom stereocenters. The highest BCUT2D eigenvalue weighted by Gasteiger charge is 2.09. The van der Waals surface area contributed by atoms with Crippen LogP contribution in [0.15, 0.2) is 85.1 Å². The lowest BCUT2D eigenvalue weighted by Crippen LogP contribution is -2.13. The molecule has 0 atom stereocenters. The number of hydrogen-bond acceptors (Lipinski definition) is 3. The normalized spacial score (nSPS) is 10.7. The molecule has 4 rings (SSSR count). The molecule has 0 aliphatic heterocycles. The molecule has 1 N–H and O–H groups in total. The van der Waals surface area contributed by atoms with Crippen molar-refractivity contribution >= 4 is 11.7 Å². The average molecular weight is 426 g/mol. The maximum Gasteiger partial charge on any atom is 0.256 e. The van der Waals surface area contributed by atoms with Gasteiger partial charge in [-0.1, -0.05) is 61.0 Å². The van der Waals surface area contributed by atoms with Gasteiger partial charge < -0.3 is 10.1 Å². The molecule has 1 aromatic heterocycles. The quantitative estimate of drug-likeness (QED) is 0.398. The molecule has 0 radical (unpaired) electrons. The highest BCUT2D eigenvalue weighted by Crippen LogP contribution is 2.16. The Bertz CT molecular complexity index is 1200. The van der Waals surface area contributed by atoms with Crippen LogP contribution in [0.2, 0.25) is 0 Å². The van der Waals surface area contributed by atoms with Crippen LogP contribution in [0.25, 0.3) is 0 Å². The van der Waals surface area contributed by atoms with Gasteiger partial charge in [0, 0.05) is 17.8 Å². The summed E-state index contributed by atoms with van der Waals surface area (Å²) in [6, 6.07) is 25.6. The SMILES string of the molecule is CCc1ccc(OCc2cccc(C(=O)Nc3ccn(Cc4cccc(C)c4)n3)c2)cc1. The van der Waals surface area contributed by atoms with E-state index in [9.17, 15) is 4.79 Å². The van der Waals surface area contributed by atoms with Crippen molar-refractivity contribution < 1.29 is 9.53 Å². The van der Waals surface area contributed by atoms with Crippen molar-refractivity contribution in [1.82, 2.24) is 9.78 Å². The molecular weight excluding hydrogens is 398 g/mol. The zero-order chi connectivity index (χ0) is 22.3. The molecule has 0 aliphatic rings. The molecule has 1 amide bonds. The molecule has 0 spiro atoms. The van der Waals surface area contributed by atoms with Crippen LogP contribution in [0, 0.1) is 6.92 Å². The average Bonchev–Trinajstić information content (AvgIpc) is 3.24. The number of amides is 1. The van der Waals surface area contributed by atoms with E-state index in [0.717, 1.165) is 17.7 Å². The zero-order valence-electron chi connectivity index (χ0n) is 18.4. The van der Waals surface area contributed by atoms with Gasteiger partial charge in [0.1, 0.15) is 12.4 Å². The van der Waals surface area contributed by atoms with Crippen LogP contribution in [0.3, 0.4) is 0 Å². The van der Waals surface area contributed by atoms with Gasteiger partial charge in [-0.2, -0.15) is 5.10 Å². The second-order valence-electron chi connectivity index (χ2n) is 7.83. The molecule has 3 aromatic carbocycles. The third kappa shape index (κ3) is 5.64. The molecule has 0 bridgehead atoms. The zero-order valence-corrected chi connectivity index (χ0v) is 18.4. The lowest BCUT2D eigenvalue weighted by Gasteiger charge is -2.09. The first kappa shape index (κ1) is 21.4. The molecule has 0 fully saturated rings. The van der Waals surface area contributed by atoms with E-state index in [1.165, 1.54) is 16.7 Å². The molecule has 162 valence electrons. The Hall–Kier alpha value is -3.86. The summed E-state index contributed by atoms with van der Waals surface area (Å²) < 4.78 is 7.68. The summed E-state index contributed by atoms with van der Waals surface area (Å²) in [4.78, 5) is 12.7. The van der Waals surface area contributed by atoms with Crippen LogP contribution >= 0.6 is 0 Å². The Balaban J connectivity index is 1.36. The minimum absolute atomic E-state index is 0.194. The molecule has 0 saturated heterocycles. The molecular formula is C27H27N3O2. The van der Waals surface area contributed by atoms with Crippen LogP contribution in [0.1, 0.15) is 39.5 Å². The second-order valence-corrected chi connectivity index (χ2v) is 7.83. The van der Waals surface area contributed by atoms with E-state index < -0.39 is 0 Å². The lowest BCUT2D eigenvalue weighted by molar-refractivity contribution is 0.102. The molecule has 32 heavy (non-hydrogen) atoms. The van der Waals surface area contributed by atoms with Crippen LogP contribution in [0.4, 0.5) is 5.82 Å². The van der Waals surface area contributed by atoms with Crippen molar-refractivity contribution in [1.29, 1.82) is 0 Å². The van der Waals surface area contributed by atoms with Gasteiger partial charge in [-0.05, 0) is 54.3 Å². The number of rotatable bonds is 8. The summed E-state index contributed by atoms with van der Waals surface area (Å²) in [7, 11) is 0. The number of anilines is 1. The van der Waals surface area contributed by atoms with Gasteiger partial charge in [0.2, 0.25) is 0 Å². The number of aromatic nitrogens is 2. The Morgan fingerprint density at radius 1 is 0.938 bits per heavy atom. The van der Waals surface area contributed by atoms with Gasteiger partial charge in [0.25, 0.3) is 5.91 Å². The lowest BCUT2D eigenvalue weighted by atomic mass is 10.1. The van der Waals surface area contributed by atoms with Crippen molar-refractivity contribution in [2.45, 2.75) is 33.4 Å². The first-order chi connectivity index (χ1) is 15.6. The summed E-state index contributed by atoms with van der Waals surface area (Å²) in [6.07, 6.45) is 2.87. The standard InChI is InChI=1S/C27H27N3O2/c1-3-21-10-12-25(13-11-21)32-19-23-8-5-9-24(17-23)27(31)28-26-14-15-30(29-26)18-22-7-4-6-20(2)16-22/h4-17H,3,18-19H2,1-2H3,(H,28,29,31). The Labute approximate surface area is 188 Å². The maximum absolute atomic E-state index is 12.7. The highest BCUT2D eigenvalue weighted by molar-refractivity contribution is 6.03. The van der Waals surface area contributed by atoms with Crippen LogP contribution in [-0.2, 0) is 19.6 Å². The minimum atomic E-state index is -0.194. The van der Waals surface area contributed by atoms with Crippen LogP contribution in [-0.4, -0.2) is 15.7 Å². The van der Waals surface area contributed by atoms with E-state index in [4.69, 9.17) is 4.74 Å². The number of hydrogen-bond donors (Lipinski definition) is 1. The minimum Gasteiger partial charge on any atom is -0.489 e. The predicted octanol–water partition coefficient (Wildman–Crippen LogP) is 5.63. The Morgan fingerprint density at radius 3 is 2.50 bits per heavy atom. The number of carbonyl (C=O) groups excluding carboxylic acids is 1. The summed E-state index contributed by atoms with van der Waals surface area (Å²) >= 11 is 0. The van der Waals surface area contributed by atoms with E-state index in [-0.39, 0.29) is 5.91 Å². The van der Waals surface area contributed by atoms with Gasteiger partial charge in [-0.25, -0.2) is 0 Å². The number of ether oxygens (including phenoxy) is 1. The van der Waals surface area contributed by atoms with Gasteiger partial charge in [-0.3, -0.25) is 9.48 Å². The number of nitrogens with one attached hydrogen (secondary N) is 1. The van der Waals surface area contributed by atoms with Crippen molar-refractivity contribution in [2.75, 3.05) is 5.32 Å². The van der Waals surface area contributed by atoms with E-state index in [2.05, 4.69) is 54.6 Å².